The highest BCUT2D eigenvalue weighted by Gasteiger charge is 2.23. The largest absolute Gasteiger partial charge is 0.488 e. The molecule has 2 heterocycles. The van der Waals surface area contributed by atoms with E-state index in [-0.39, 0.29) is 0 Å². The lowest BCUT2D eigenvalue weighted by Gasteiger charge is -2.26. The van der Waals surface area contributed by atoms with Crippen LogP contribution in [0.5, 0.6) is 5.75 Å². The van der Waals surface area contributed by atoms with Crippen molar-refractivity contribution in [3.63, 3.8) is 0 Å². The molecule has 110 valence electrons. The summed E-state index contributed by atoms with van der Waals surface area (Å²) < 4.78 is 6.02. The van der Waals surface area contributed by atoms with Crippen LogP contribution >= 0.6 is 0 Å². The number of nitrogens with zero attached hydrogens (tertiary/aromatic N) is 1. The Hall–Kier alpha value is -1.06. The van der Waals surface area contributed by atoms with Crippen LogP contribution in [0.3, 0.4) is 0 Å². The molecular weight excluding hydrogens is 248 g/mol. The van der Waals surface area contributed by atoms with Crippen molar-refractivity contribution in [2.45, 2.75) is 31.8 Å². The van der Waals surface area contributed by atoms with Crippen LogP contribution in [0.4, 0.5) is 0 Å². The van der Waals surface area contributed by atoms with Gasteiger partial charge in [0.05, 0.1) is 0 Å². The van der Waals surface area contributed by atoms with E-state index in [0.717, 1.165) is 24.6 Å². The van der Waals surface area contributed by atoms with Gasteiger partial charge in [0, 0.05) is 13.0 Å². The summed E-state index contributed by atoms with van der Waals surface area (Å²) in [6.07, 6.45) is 5.43. The molecule has 2 aliphatic rings. The average molecular weight is 274 g/mol. The van der Waals surface area contributed by atoms with Gasteiger partial charge in [-0.2, -0.15) is 0 Å². The molecule has 0 saturated carbocycles. The molecule has 0 aromatic heterocycles. The van der Waals surface area contributed by atoms with Gasteiger partial charge in [-0.1, -0.05) is 18.2 Å². The zero-order valence-electron chi connectivity index (χ0n) is 12.5. The first-order chi connectivity index (χ1) is 9.81. The van der Waals surface area contributed by atoms with E-state index in [1.807, 2.05) is 0 Å². The molecular formula is C17H26N2O. The molecule has 0 bridgehead atoms. The smallest absolute Gasteiger partial charge is 0.123 e. The second-order valence-corrected chi connectivity index (χ2v) is 6.30. The van der Waals surface area contributed by atoms with Crippen molar-refractivity contribution in [3.8, 4) is 5.75 Å². The topological polar surface area (TPSA) is 24.5 Å². The maximum Gasteiger partial charge on any atom is 0.123 e. The number of nitrogens with one attached hydrogen (secondary N) is 1. The third-order valence-electron chi connectivity index (χ3n) is 4.61. The number of likely N-dealkylation sites (N-methyl/N-ethyl adjacent to an activating group) is 1. The molecule has 1 unspecified atom stereocenters. The minimum atomic E-state index is 0.338. The summed E-state index contributed by atoms with van der Waals surface area (Å²) in [6, 6.07) is 8.43. The zero-order valence-corrected chi connectivity index (χ0v) is 12.5. The van der Waals surface area contributed by atoms with Gasteiger partial charge in [0.1, 0.15) is 11.9 Å². The van der Waals surface area contributed by atoms with Crippen LogP contribution in [-0.4, -0.2) is 44.2 Å². The van der Waals surface area contributed by atoms with Crippen LogP contribution in [0, 0.1) is 5.92 Å². The van der Waals surface area contributed by atoms with Crippen molar-refractivity contribution < 1.29 is 4.74 Å². The third kappa shape index (κ3) is 3.53. The van der Waals surface area contributed by atoms with Crippen LogP contribution in [0.15, 0.2) is 24.3 Å². The molecule has 0 spiro atoms. The minimum Gasteiger partial charge on any atom is -0.488 e. The van der Waals surface area contributed by atoms with Gasteiger partial charge in [0.15, 0.2) is 0 Å². The van der Waals surface area contributed by atoms with Gasteiger partial charge in [-0.3, -0.25) is 0 Å². The fourth-order valence-electron chi connectivity index (χ4n) is 3.37. The number of piperidine rings is 1. The summed E-state index contributed by atoms with van der Waals surface area (Å²) in [4.78, 5) is 2.44. The Labute approximate surface area is 122 Å². The Kier molecular flexibility index (Phi) is 4.58. The SMILES string of the molecule is CN(CCC1CCNCC1)CC1Cc2ccccc2O1. The second kappa shape index (κ2) is 6.59. The van der Waals surface area contributed by atoms with E-state index in [4.69, 9.17) is 4.74 Å². The minimum absolute atomic E-state index is 0.338. The maximum atomic E-state index is 6.02. The lowest BCUT2D eigenvalue weighted by molar-refractivity contribution is 0.161. The molecule has 3 nitrogen and oxygen atoms in total. The molecule has 1 N–H and O–H groups in total. The van der Waals surface area contributed by atoms with E-state index in [0.29, 0.717) is 6.10 Å². The Bertz CT molecular complexity index is 404. The van der Waals surface area contributed by atoms with E-state index < -0.39 is 0 Å². The van der Waals surface area contributed by atoms with Crippen LogP contribution < -0.4 is 10.1 Å². The van der Waals surface area contributed by atoms with Gasteiger partial charge in [0.2, 0.25) is 0 Å². The van der Waals surface area contributed by atoms with E-state index >= 15 is 0 Å². The molecule has 3 heteroatoms. The van der Waals surface area contributed by atoms with E-state index in [9.17, 15) is 0 Å². The fourth-order valence-corrected chi connectivity index (χ4v) is 3.37. The van der Waals surface area contributed by atoms with Crippen molar-refractivity contribution in [3.05, 3.63) is 29.8 Å². The van der Waals surface area contributed by atoms with Crippen molar-refractivity contribution in [2.75, 3.05) is 33.2 Å². The molecule has 0 aliphatic carbocycles. The Morgan fingerprint density at radius 2 is 2.05 bits per heavy atom. The van der Waals surface area contributed by atoms with Crippen LogP contribution in [-0.2, 0) is 6.42 Å². The van der Waals surface area contributed by atoms with Crippen LogP contribution in [0.1, 0.15) is 24.8 Å². The zero-order chi connectivity index (χ0) is 13.8. The quantitative estimate of drug-likeness (QED) is 0.892. The molecule has 1 aromatic carbocycles. The number of para-hydroxylation sites is 1. The normalized spacial score (nSPS) is 22.8. The fraction of sp³-hybridized carbons (Fsp3) is 0.647. The predicted molar refractivity (Wildman–Crippen MR) is 82.3 cm³/mol. The standard InChI is InChI=1S/C17H26N2O/c1-19(11-8-14-6-9-18-10-7-14)13-16-12-15-4-2-3-5-17(15)20-16/h2-5,14,16,18H,6-13H2,1H3. The first-order valence-corrected chi connectivity index (χ1v) is 7.95. The highest BCUT2D eigenvalue weighted by atomic mass is 16.5. The van der Waals surface area contributed by atoms with Crippen LogP contribution in [0.25, 0.3) is 0 Å². The second-order valence-electron chi connectivity index (χ2n) is 6.30. The lowest BCUT2D eigenvalue weighted by atomic mass is 9.94. The highest BCUT2D eigenvalue weighted by Crippen LogP contribution is 2.28. The van der Waals surface area contributed by atoms with E-state index in [1.165, 1.54) is 44.5 Å². The average Bonchev–Trinajstić information content (AvgIpc) is 2.88. The number of hydrogen-bond donors (Lipinski definition) is 1. The first-order valence-electron chi connectivity index (χ1n) is 7.95. The molecule has 2 aliphatic heterocycles. The van der Waals surface area contributed by atoms with Gasteiger partial charge in [-0.05, 0) is 63.5 Å². The van der Waals surface area contributed by atoms with Crippen molar-refractivity contribution >= 4 is 0 Å². The monoisotopic (exact) mass is 274 g/mol. The molecule has 0 amide bonds. The summed E-state index contributed by atoms with van der Waals surface area (Å²) in [6.45, 7) is 4.64. The third-order valence-corrected chi connectivity index (χ3v) is 4.61. The number of hydrogen-bond acceptors (Lipinski definition) is 3. The number of ether oxygens (including phenoxy) is 1. The van der Waals surface area contributed by atoms with Gasteiger partial charge in [-0.25, -0.2) is 0 Å². The van der Waals surface area contributed by atoms with Crippen molar-refractivity contribution in [1.29, 1.82) is 0 Å². The van der Waals surface area contributed by atoms with Crippen molar-refractivity contribution in [2.24, 2.45) is 5.92 Å². The van der Waals surface area contributed by atoms with Gasteiger partial charge < -0.3 is 15.0 Å². The number of rotatable bonds is 5. The van der Waals surface area contributed by atoms with Gasteiger partial charge in [0.25, 0.3) is 0 Å². The summed E-state index contributed by atoms with van der Waals surface area (Å²) in [7, 11) is 2.23. The summed E-state index contributed by atoms with van der Waals surface area (Å²) >= 11 is 0. The molecule has 1 aromatic rings. The maximum absolute atomic E-state index is 6.02. The van der Waals surface area contributed by atoms with Crippen molar-refractivity contribution in [1.82, 2.24) is 10.2 Å². The Morgan fingerprint density at radius 1 is 1.25 bits per heavy atom. The summed E-state index contributed by atoms with van der Waals surface area (Å²) in [5.41, 5.74) is 1.37. The highest BCUT2D eigenvalue weighted by molar-refractivity contribution is 5.37. The summed E-state index contributed by atoms with van der Waals surface area (Å²) in [5.74, 6) is 2.00. The van der Waals surface area contributed by atoms with E-state index in [1.54, 1.807) is 0 Å². The summed E-state index contributed by atoms with van der Waals surface area (Å²) in [5, 5.41) is 3.44. The van der Waals surface area contributed by atoms with Crippen LogP contribution in [0.2, 0.25) is 0 Å². The first kappa shape index (κ1) is 13.9. The van der Waals surface area contributed by atoms with Gasteiger partial charge >= 0.3 is 0 Å². The molecule has 1 fully saturated rings. The number of benzene rings is 1. The predicted octanol–water partition coefficient (Wildman–Crippen LogP) is 2.31. The Morgan fingerprint density at radius 3 is 2.85 bits per heavy atom. The molecule has 1 saturated heterocycles. The molecule has 3 rings (SSSR count). The van der Waals surface area contributed by atoms with E-state index in [2.05, 4.69) is 41.5 Å². The molecule has 1 atom stereocenters. The molecule has 20 heavy (non-hydrogen) atoms. The Balaban J connectivity index is 1.40. The molecule has 0 radical (unpaired) electrons. The van der Waals surface area contributed by atoms with Gasteiger partial charge in [-0.15, -0.1) is 0 Å². The lowest BCUT2D eigenvalue weighted by Crippen LogP contribution is -2.34. The number of fused-ring (bicyclic) bond motifs is 1.